The summed E-state index contributed by atoms with van der Waals surface area (Å²) in [6, 6.07) is 6.24. The molecule has 7 heteroatoms. The van der Waals surface area contributed by atoms with Crippen LogP contribution in [0.25, 0.3) is 11.2 Å². The second-order valence-corrected chi connectivity index (χ2v) is 8.36. The molecule has 7 nitrogen and oxygen atoms in total. The van der Waals surface area contributed by atoms with Crippen molar-refractivity contribution in [3.8, 4) is 0 Å². The Kier molecular flexibility index (Phi) is 4.66. The van der Waals surface area contributed by atoms with E-state index in [-0.39, 0.29) is 5.91 Å². The number of pyridine rings is 2. The van der Waals surface area contributed by atoms with E-state index in [9.17, 15) is 4.79 Å². The highest BCUT2D eigenvalue weighted by Crippen LogP contribution is 2.31. The van der Waals surface area contributed by atoms with Crippen LogP contribution in [0, 0.1) is 5.92 Å². The molecule has 0 aromatic carbocycles. The second kappa shape index (κ2) is 7.46. The highest BCUT2D eigenvalue weighted by Gasteiger charge is 2.28. The van der Waals surface area contributed by atoms with Gasteiger partial charge in [0.25, 0.3) is 5.91 Å². The molecular formula is C22H26N6O. The molecule has 0 spiro atoms. The van der Waals surface area contributed by atoms with Crippen molar-refractivity contribution >= 4 is 22.9 Å². The van der Waals surface area contributed by atoms with Crippen molar-refractivity contribution in [2.75, 3.05) is 18.8 Å². The van der Waals surface area contributed by atoms with Crippen molar-refractivity contribution in [2.45, 2.75) is 44.6 Å². The predicted octanol–water partition coefficient (Wildman–Crippen LogP) is 3.23. The van der Waals surface area contributed by atoms with Gasteiger partial charge >= 0.3 is 0 Å². The largest absolute Gasteiger partial charge is 0.384 e. The molecule has 2 fully saturated rings. The van der Waals surface area contributed by atoms with Gasteiger partial charge in [-0.25, -0.2) is 15.0 Å². The van der Waals surface area contributed by atoms with E-state index in [1.165, 1.54) is 31.2 Å². The van der Waals surface area contributed by atoms with Crippen molar-refractivity contribution in [3.63, 3.8) is 0 Å². The summed E-state index contributed by atoms with van der Waals surface area (Å²) in [7, 11) is 0. The summed E-state index contributed by atoms with van der Waals surface area (Å²) < 4.78 is 2.18. The van der Waals surface area contributed by atoms with Crippen molar-refractivity contribution in [1.29, 1.82) is 0 Å². The molecule has 0 bridgehead atoms. The summed E-state index contributed by atoms with van der Waals surface area (Å²) >= 11 is 0. The molecule has 1 saturated carbocycles. The SMILES string of the molecule is Nc1ccc(CC2CCN(C(=O)c3cnc4c(c3)ncn4C3CCCC3)C2)cn1. The van der Waals surface area contributed by atoms with Crippen LogP contribution >= 0.6 is 0 Å². The number of likely N-dealkylation sites (tertiary alicyclic amines) is 1. The van der Waals surface area contributed by atoms with Crippen LogP contribution in [-0.2, 0) is 6.42 Å². The number of nitrogens with zero attached hydrogens (tertiary/aromatic N) is 5. The van der Waals surface area contributed by atoms with Gasteiger partial charge in [0, 0.05) is 31.5 Å². The smallest absolute Gasteiger partial charge is 0.255 e. The summed E-state index contributed by atoms with van der Waals surface area (Å²) in [6.07, 6.45) is 12.3. The number of nitrogens with two attached hydrogens (primary N) is 1. The quantitative estimate of drug-likeness (QED) is 0.739. The zero-order valence-electron chi connectivity index (χ0n) is 16.5. The zero-order chi connectivity index (χ0) is 19.8. The van der Waals surface area contributed by atoms with Gasteiger partial charge in [-0.3, -0.25) is 4.79 Å². The first-order valence-electron chi connectivity index (χ1n) is 10.5. The molecule has 1 aliphatic carbocycles. The van der Waals surface area contributed by atoms with E-state index in [1.54, 1.807) is 6.20 Å². The van der Waals surface area contributed by atoms with Crippen molar-refractivity contribution in [1.82, 2.24) is 24.4 Å². The number of aromatic nitrogens is 4. The molecule has 1 amide bonds. The number of anilines is 1. The minimum atomic E-state index is 0.0488. The van der Waals surface area contributed by atoms with Gasteiger partial charge in [-0.15, -0.1) is 0 Å². The molecule has 150 valence electrons. The van der Waals surface area contributed by atoms with E-state index in [4.69, 9.17) is 5.73 Å². The Labute approximate surface area is 170 Å². The molecule has 4 heterocycles. The average molecular weight is 390 g/mol. The summed E-state index contributed by atoms with van der Waals surface area (Å²) in [4.78, 5) is 28.2. The van der Waals surface area contributed by atoms with Crippen LogP contribution in [0.5, 0.6) is 0 Å². The first-order chi connectivity index (χ1) is 14.2. The van der Waals surface area contributed by atoms with E-state index in [0.717, 1.165) is 37.1 Å². The van der Waals surface area contributed by atoms with Crippen LogP contribution in [0.4, 0.5) is 5.82 Å². The fraction of sp³-hybridized carbons (Fsp3) is 0.455. The Hall–Kier alpha value is -2.96. The monoisotopic (exact) mass is 390 g/mol. The normalized spacial score (nSPS) is 20.0. The Bertz CT molecular complexity index is 1020. The molecule has 1 aliphatic heterocycles. The summed E-state index contributed by atoms with van der Waals surface area (Å²) in [5, 5.41) is 0. The van der Waals surface area contributed by atoms with Crippen LogP contribution in [0.2, 0.25) is 0 Å². The van der Waals surface area contributed by atoms with Crippen LogP contribution in [0.3, 0.4) is 0 Å². The Morgan fingerprint density at radius 3 is 2.76 bits per heavy atom. The van der Waals surface area contributed by atoms with Gasteiger partial charge < -0.3 is 15.2 Å². The summed E-state index contributed by atoms with van der Waals surface area (Å²) in [5.41, 5.74) is 9.16. The average Bonchev–Trinajstić information content (AvgIpc) is 3.49. The number of imidazole rings is 1. The molecule has 1 atom stereocenters. The zero-order valence-corrected chi connectivity index (χ0v) is 16.5. The van der Waals surface area contributed by atoms with Crippen molar-refractivity contribution < 1.29 is 4.79 Å². The van der Waals surface area contributed by atoms with E-state index in [0.29, 0.717) is 23.3 Å². The Balaban J connectivity index is 1.28. The van der Waals surface area contributed by atoms with Crippen LogP contribution in [0.1, 0.15) is 54.1 Å². The Morgan fingerprint density at radius 2 is 1.97 bits per heavy atom. The van der Waals surface area contributed by atoms with E-state index < -0.39 is 0 Å². The molecule has 2 N–H and O–H groups in total. The second-order valence-electron chi connectivity index (χ2n) is 8.36. The number of hydrogen-bond donors (Lipinski definition) is 1. The maximum absolute atomic E-state index is 13.0. The van der Waals surface area contributed by atoms with Crippen LogP contribution in [0.15, 0.2) is 36.9 Å². The Morgan fingerprint density at radius 1 is 1.10 bits per heavy atom. The molecule has 1 saturated heterocycles. The van der Waals surface area contributed by atoms with Gasteiger partial charge in [0.1, 0.15) is 11.3 Å². The minimum Gasteiger partial charge on any atom is -0.384 e. The lowest BCUT2D eigenvalue weighted by atomic mass is 10.00. The molecule has 5 rings (SSSR count). The van der Waals surface area contributed by atoms with Crippen molar-refractivity contribution in [3.05, 3.63) is 48.0 Å². The van der Waals surface area contributed by atoms with E-state index >= 15 is 0 Å². The standard InChI is InChI=1S/C22H26N6O/c23-20-6-5-15(11-24-20)9-16-7-8-27(13-16)22(29)17-10-19-21(25-12-17)28(14-26-19)18-3-1-2-4-18/h5-6,10-12,14,16,18H,1-4,7-9,13H2,(H2,23,24). The van der Waals surface area contributed by atoms with Gasteiger partial charge in [0.05, 0.1) is 11.9 Å². The molecular weight excluding hydrogens is 364 g/mol. The molecule has 3 aromatic rings. The van der Waals surface area contributed by atoms with E-state index in [2.05, 4.69) is 19.5 Å². The highest BCUT2D eigenvalue weighted by atomic mass is 16.2. The number of fused-ring (bicyclic) bond motifs is 1. The lowest BCUT2D eigenvalue weighted by Gasteiger charge is -2.17. The maximum atomic E-state index is 13.0. The van der Waals surface area contributed by atoms with Gasteiger partial charge in [-0.2, -0.15) is 0 Å². The fourth-order valence-corrected chi connectivity index (χ4v) is 4.74. The van der Waals surface area contributed by atoms with Crippen LogP contribution in [-0.4, -0.2) is 43.4 Å². The topological polar surface area (TPSA) is 89.9 Å². The number of hydrogen-bond acceptors (Lipinski definition) is 5. The molecule has 2 aliphatic rings. The number of rotatable bonds is 4. The number of nitrogen functional groups attached to an aromatic ring is 1. The number of carbonyl (C=O) groups excluding carboxylic acids is 1. The van der Waals surface area contributed by atoms with Gasteiger partial charge in [0.15, 0.2) is 5.65 Å². The molecule has 29 heavy (non-hydrogen) atoms. The van der Waals surface area contributed by atoms with Crippen LogP contribution < -0.4 is 5.73 Å². The third-order valence-electron chi connectivity index (χ3n) is 6.32. The lowest BCUT2D eigenvalue weighted by Crippen LogP contribution is -2.29. The van der Waals surface area contributed by atoms with Crippen molar-refractivity contribution in [2.24, 2.45) is 5.92 Å². The highest BCUT2D eigenvalue weighted by molar-refractivity contribution is 5.96. The molecule has 0 radical (unpaired) electrons. The third kappa shape index (κ3) is 3.57. The number of amides is 1. The van der Waals surface area contributed by atoms with Gasteiger partial charge in [0.2, 0.25) is 0 Å². The third-order valence-corrected chi connectivity index (χ3v) is 6.32. The first kappa shape index (κ1) is 18.1. The summed E-state index contributed by atoms with van der Waals surface area (Å²) in [5.74, 6) is 1.03. The molecule has 1 unspecified atom stereocenters. The summed E-state index contributed by atoms with van der Waals surface area (Å²) in [6.45, 7) is 1.54. The molecule has 3 aromatic heterocycles. The minimum absolute atomic E-state index is 0.0488. The van der Waals surface area contributed by atoms with Gasteiger partial charge in [-0.1, -0.05) is 18.9 Å². The first-order valence-corrected chi connectivity index (χ1v) is 10.5. The number of carbonyl (C=O) groups is 1. The maximum Gasteiger partial charge on any atom is 0.255 e. The van der Waals surface area contributed by atoms with E-state index in [1.807, 2.05) is 35.6 Å². The lowest BCUT2D eigenvalue weighted by molar-refractivity contribution is 0.0787. The van der Waals surface area contributed by atoms with Gasteiger partial charge in [-0.05, 0) is 49.3 Å². The predicted molar refractivity (Wildman–Crippen MR) is 111 cm³/mol. The fourth-order valence-electron chi connectivity index (χ4n) is 4.74.